The average molecular weight is 533 g/mol. The highest BCUT2D eigenvalue weighted by Gasteiger charge is 2.38. The van der Waals surface area contributed by atoms with Crippen LogP contribution in [-0.4, -0.2) is 57.0 Å². The summed E-state index contributed by atoms with van der Waals surface area (Å²) >= 11 is 0. The third kappa shape index (κ3) is 5.06. The number of hydrogen-bond donors (Lipinski definition) is 2. The lowest BCUT2D eigenvalue weighted by Crippen LogP contribution is -2.43. The number of nitrogens with one attached hydrogen (secondary N) is 2. The van der Waals surface area contributed by atoms with Crippen LogP contribution in [0.1, 0.15) is 32.1 Å². The second-order valence-electron chi connectivity index (χ2n) is 10.5. The summed E-state index contributed by atoms with van der Waals surface area (Å²) in [6, 6.07) is 4.60. The molecule has 202 valence electrons. The molecular formula is C28H30F2N8O. The van der Waals surface area contributed by atoms with Gasteiger partial charge in [0.1, 0.15) is 29.3 Å². The number of imidazole rings is 1. The molecule has 4 heterocycles. The van der Waals surface area contributed by atoms with Crippen molar-refractivity contribution in [2.75, 3.05) is 36.4 Å². The van der Waals surface area contributed by atoms with Gasteiger partial charge in [-0.25, -0.2) is 28.7 Å². The van der Waals surface area contributed by atoms with Gasteiger partial charge in [0.05, 0.1) is 29.8 Å². The van der Waals surface area contributed by atoms with E-state index in [4.69, 9.17) is 0 Å². The van der Waals surface area contributed by atoms with E-state index >= 15 is 8.78 Å². The molecule has 2 atom stereocenters. The van der Waals surface area contributed by atoms with Crippen LogP contribution in [0.2, 0.25) is 0 Å². The van der Waals surface area contributed by atoms with Crippen LogP contribution in [0.25, 0.3) is 22.2 Å². The first kappa shape index (κ1) is 25.3. The summed E-state index contributed by atoms with van der Waals surface area (Å²) in [6.45, 7) is 7.60. The highest BCUT2D eigenvalue weighted by atomic mass is 19.1. The third-order valence-corrected chi connectivity index (χ3v) is 7.46. The predicted molar refractivity (Wildman–Crippen MR) is 145 cm³/mol. The second kappa shape index (κ2) is 10.3. The zero-order valence-corrected chi connectivity index (χ0v) is 21.9. The number of anilines is 3. The molecule has 1 aliphatic carbocycles. The topological polar surface area (TPSA) is 101 Å². The maximum atomic E-state index is 15.3. The van der Waals surface area contributed by atoms with Crippen molar-refractivity contribution in [2.24, 2.45) is 11.8 Å². The van der Waals surface area contributed by atoms with Crippen LogP contribution in [0.5, 0.6) is 0 Å². The quantitative estimate of drug-likeness (QED) is 0.325. The molecular weight excluding hydrogens is 502 g/mol. The van der Waals surface area contributed by atoms with Crippen molar-refractivity contribution in [2.45, 2.75) is 32.7 Å². The number of pyridine rings is 1. The van der Waals surface area contributed by atoms with Crippen molar-refractivity contribution in [3.63, 3.8) is 0 Å². The number of carbonyl (C=O) groups excluding carboxylic acids is 1. The number of benzene rings is 1. The lowest BCUT2D eigenvalue weighted by atomic mass is 10.0. The van der Waals surface area contributed by atoms with Gasteiger partial charge >= 0.3 is 0 Å². The van der Waals surface area contributed by atoms with E-state index in [0.717, 1.165) is 56.6 Å². The summed E-state index contributed by atoms with van der Waals surface area (Å²) in [5.74, 6) is 0.596. The molecule has 11 heteroatoms. The van der Waals surface area contributed by atoms with E-state index in [1.54, 1.807) is 18.5 Å². The first-order valence-corrected chi connectivity index (χ1v) is 13.3. The molecule has 1 aromatic carbocycles. The molecule has 0 amide bonds. The smallest absolute Gasteiger partial charge is 0.228 e. The number of nitrogens with zero attached hydrogens (tertiary/aromatic N) is 6. The van der Waals surface area contributed by atoms with Gasteiger partial charge in [-0.3, -0.25) is 0 Å². The molecule has 0 spiro atoms. The van der Waals surface area contributed by atoms with Crippen LogP contribution in [-0.2, 0) is 11.2 Å². The average Bonchev–Trinajstić information content (AvgIpc) is 3.59. The second-order valence-corrected chi connectivity index (χ2v) is 10.5. The Labute approximate surface area is 224 Å². The molecule has 2 N–H and O–H groups in total. The highest BCUT2D eigenvalue weighted by molar-refractivity contribution is 5.84. The fourth-order valence-electron chi connectivity index (χ4n) is 5.30. The molecule has 39 heavy (non-hydrogen) atoms. The Hall–Kier alpha value is -3.99. The summed E-state index contributed by atoms with van der Waals surface area (Å²) in [5, 5.41) is 6.34. The monoisotopic (exact) mass is 532 g/mol. The van der Waals surface area contributed by atoms with Gasteiger partial charge in [-0.15, -0.1) is 0 Å². The van der Waals surface area contributed by atoms with Crippen molar-refractivity contribution in [3.8, 4) is 11.1 Å². The highest BCUT2D eigenvalue weighted by Crippen LogP contribution is 2.40. The third-order valence-electron chi connectivity index (χ3n) is 7.46. The summed E-state index contributed by atoms with van der Waals surface area (Å²) in [7, 11) is 0. The van der Waals surface area contributed by atoms with E-state index in [1.807, 2.05) is 18.4 Å². The Balaban J connectivity index is 1.30. The maximum Gasteiger partial charge on any atom is 0.228 e. The molecule has 2 fully saturated rings. The maximum absolute atomic E-state index is 15.3. The van der Waals surface area contributed by atoms with E-state index in [2.05, 4.69) is 35.5 Å². The number of piperazine rings is 1. The minimum atomic E-state index is -0.572. The van der Waals surface area contributed by atoms with Gasteiger partial charge in [0.25, 0.3) is 0 Å². The van der Waals surface area contributed by atoms with Crippen LogP contribution in [0.4, 0.5) is 26.2 Å². The molecule has 3 aromatic heterocycles. The number of hydrogen-bond acceptors (Lipinski definition) is 8. The van der Waals surface area contributed by atoms with Gasteiger partial charge in [-0.05, 0) is 49.9 Å². The summed E-state index contributed by atoms with van der Waals surface area (Å²) in [6.07, 6.45) is 7.02. The SMILES string of the molecule is CC(C)n1c(CC2CC2C=O)nc2c(F)cc(-c3cc(Nc4ncc(N5CCNCC5)cn4)ncc3F)cc21. The normalized spacial score (nSPS) is 19.1. The minimum absolute atomic E-state index is 0.00826. The van der Waals surface area contributed by atoms with Crippen LogP contribution in [0.3, 0.4) is 0 Å². The first-order chi connectivity index (χ1) is 18.9. The summed E-state index contributed by atoms with van der Waals surface area (Å²) in [4.78, 5) is 30.8. The van der Waals surface area contributed by atoms with Crippen molar-refractivity contribution in [1.29, 1.82) is 0 Å². The lowest BCUT2D eigenvalue weighted by Gasteiger charge is -2.28. The fourth-order valence-corrected chi connectivity index (χ4v) is 5.30. The van der Waals surface area contributed by atoms with Crippen LogP contribution < -0.4 is 15.5 Å². The lowest BCUT2D eigenvalue weighted by molar-refractivity contribution is -0.109. The fraction of sp³-hybridized carbons (Fsp3) is 0.393. The van der Waals surface area contributed by atoms with E-state index in [0.29, 0.717) is 29.3 Å². The van der Waals surface area contributed by atoms with Gasteiger partial charge in [0.2, 0.25) is 5.95 Å². The molecule has 6 rings (SSSR count). The minimum Gasteiger partial charge on any atom is -0.366 e. The molecule has 9 nitrogen and oxygen atoms in total. The van der Waals surface area contributed by atoms with Crippen molar-refractivity contribution < 1.29 is 13.6 Å². The van der Waals surface area contributed by atoms with Crippen molar-refractivity contribution in [1.82, 2.24) is 29.8 Å². The van der Waals surface area contributed by atoms with E-state index in [-0.39, 0.29) is 29.0 Å². The van der Waals surface area contributed by atoms with E-state index < -0.39 is 11.6 Å². The number of halogens is 2. The number of aromatic nitrogens is 5. The van der Waals surface area contributed by atoms with Crippen molar-refractivity contribution in [3.05, 3.63) is 54.2 Å². The van der Waals surface area contributed by atoms with Gasteiger partial charge in [0, 0.05) is 50.1 Å². The molecule has 4 aromatic rings. The van der Waals surface area contributed by atoms with Crippen LogP contribution in [0.15, 0.2) is 36.8 Å². The zero-order chi connectivity index (χ0) is 27.1. The Bertz CT molecular complexity index is 1510. The molecule has 1 saturated heterocycles. The zero-order valence-electron chi connectivity index (χ0n) is 21.9. The molecule has 1 aliphatic heterocycles. The molecule has 1 saturated carbocycles. The van der Waals surface area contributed by atoms with Crippen LogP contribution >= 0.6 is 0 Å². The number of aldehydes is 1. The molecule has 2 aliphatic rings. The number of carbonyl (C=O) groups is 1. The Morgan fingerprint density at radius 1 is 1.08 bits per heavy atom. The largest absolute Gasteiger partial charge is 0.366 e. The summed E-state index contributed by atoms with van der Waals surface area (Å²) in [5.41, 5.74) is 2.35. The standard InChI is InChI=1S/C28H30F2N8O/c1-16(2)38-24-9-18(8-22(29)27(24)36-26(38)10-17-7-19(17)15-39)21-11-25(32-14-23(21)30)35-28-33-12-20(13-34-28)37-5-3-31-4-6-37/h8-9,11-17,19,31H,3-7,10H2,1-2H3,(H,32,33,34,35). The first-order valence-electron chi connectivity index (χ1n) is 13.3. The Morgan fingerprint density at radius 3 is 2.54 bits per heavy atom. The molecule has 2 unspecified atom stereocenters. The van der Waals surface area contributed by atoms with Gasteiger partial charge in [-0.1, -0.05) is 0 Å². The molecule has 0 bridgehead atoms. The number of rotatable bonds is 8. The Kier molecular flexibility index (Phi) is 6.68. The van der Waals surface area contributed by atoms with Crippen molar-refractivity contribution >= 4 is 34.8 Å². The van der Waals surface area contributed by atoms with Crippen LogP contribution in [0, 0.1) is 23.5 Å². The van der Waals surface area contributed by atoms with E-state index in [1.165, 1.54) is 12.1 Å². The van der Waals surface area contributed by atoms with Gasteiger partial charge < -0.3 is 24.9 Å². The van der Waals surface area contributed by atoms with E-state index in [9.17, 15) is 4.79 Å². The number of fused-ring (bicyclic) bond motifs is 1. The van der Waals surface area contributed by atoms with Gasteiger partial charge in [0.15, 0.2) is 5.82 Å². The predicted octanol–water partition coefficient (Wildman–Crippen LogP) is 4.28. The molecule has 0 radical (unpaired) electrons. The van der Waals surface area contributed by atoms with Gasteiger partial charge in [-0.2, -0.15) is 0 Å². The summed E-state index contributed by atoms with van der Waals surface area (Å²) < 4.78 is 32.3. The Morgan fingerprint density at radius 2 is 1.85 bits per heavy atom.